The van der Waals surface area contributed by atoms with Gasteiger partial charge in [0.05, 0.1) is 25.5 Å². The summed E-state index contributed by atoms with van der Waals surface area (Å²) in [6.07, 6.45) is 1.90. The van der Waals surface area contributed by atoms with Crippen molar-refractivity contribution in [2.24, 2.45) is 4.99 Å². The molecule has 2 aromatic heterocycles. The largest absolute Gasteiger partial charge is 0.472 e. The average Bonchev–Trinajstić information content (AvgIpc) is 3.26. The molecule has 1 saturated heterocycles. The van der Waals surface area contributed by atoms with Crippen LogP contribution in [0.3, 0.4) is 0 Å². The molecule has 3 heterocycles. The van der Waals surface area contributed by atoms with Gasteiger partial charge in [-0.1, -0.05) is 60.2 Å². The summed E-state index contributed by atoms with van der Waals surface area (Å²) < 4.78 is 13.4. The van der Waals surface area contributed by atoms with Gasteiger partial charge < -0.3 is 14.4 Å². The van der Waals surface area contributed by atoms with Gasteiger partial charge in [0.2, 0.25) is 5.88 Å². The number of aromatic nitrogens is 3. The Balaban J connectivity index is 1.41. The molecular formula is C26H27N5O2. The minimum Gasteiger partial charge on any atom is -0.472 e. The van der Waals surface area contributed by atoms with Crippen LogP contribution in [0, 0.1) is 6.92 Å². The van der Waals surface area contributed by atoms with Gasteiger partial charge in [-0.2, -0.15) is 4.52 Å². The van der Waals surface area contributed by atoms with Gasteiger partial charge in [-0.3, -0.25) is 4.99 Å². The lowest BCUT2D eigenvalue weighted by molar-refractivity contribution is 0.122. The Bertz CT molecular complexity index is 1250. The Morgan fingerprint density at radius 3 is 2.70 bits per heavy atom. The monoisotopic (exact) mass is 441 g/mol. The fourth-order valence-electron chi connectivity index (χ4n) is 3.88. The van der Waals surface area contributed by atoms with Crippen molar-refractivity contribution in [3.05, 3.63) is 89.1 Å². The number of fused-ring (bicyclic) bond motifs is 1. The van der Waals surface area contributed by atoms with E-state index in [1.54, 1.807) is 0 Å². The molecule has 7 nitrogen and oxygen atoms in total. The number of hydrogen-bond donors (Lipinski definition) is 0. The number of aliphatic imine (C=N–C) groups is 1. The van der Waals surface area contributed by atoms with E-state index in [-0.39, 0.29) is 0 Å². The lowest BCUT2D eigenvalue weighted by atomic mass is 10.1. The minimum atomic E-state index is 0.464. The fourth-order valence-corrected chi connectivity index (χ4v) is 3.88. The van der Waals surface area contributed by atoms with E-state index in [9.17, 15) is 0 Å². The molecule has 1 aliphatic rings. The highest BCUT2D eigenvalue weighted by atomic mass is 16.5. The summed E-state index contributed by atoms with van der Waals surface area (Å²) in [5.74, 6) is 1.54. The van der Waals surface area contributed by atoms with Gasteiger partial charge in [0.15, 0.2) is 5.65 Å². The molecular weight excluding hydrogens is 414 g/mol. The second-order valence-electron chi connectivity index (χ2n) is 8.12. The van der Waals surface area contributed by atoms with E-state index in [1.165, 1.54) is 5.56 Å². The number of morpholine rings is 1. The van der Waals surface area contributed by atoms with Crippen LogP contribution in [0.2, 0.25) is 0 Å². The first-order chi connectivity index (χ1) is 16.2. The number of benzene rings is 2. The standard InChI is InChI=1S/C26H27N5O2/c1-20-6-5-9-22(14-20)17-27-18-23-15-26(30-10-12-32-13-11-30)31-24(28-23)16-25(29-31)33-19-21-7-3-2-4-8-21/h2-9,14-17H,10-13,18-19H2,1H3. The summed E-state index contributed by atoms with van der Waals surface area (Å²) in [4.78, 5) is 11.7. The van der Waals surface area contributed by atoms with Crippen LogP contribution in [0.4, 0.5) is 5.82 Å². The Morgan fingerprint density at radius 1 is 1.03 bits per heavy atom. The van der Waals surface area contributed by atoms with Crippen LogP contribution in [-0.4, -0.2) is 47.1 Å². The maximum atomic E-state index is 5.96. The van der Waals surface area contributed by atoms with Gasteiger partial charge in [-0.25, -0.2) is 4.98 Å². The van der Waals surface area contributed by atoms with E-state index in [4.69, 9.17) is 19.6 Å². The molecule has 2 aromatic carbocycles. The lowest BCUT2D eigenvalue weighted by Gasteiger charge is -2.29. The van der Waals surface area contributed by atoms with Crippen LogP contribution < -0.4 is 9.64 Å². The van der Waals surface area contributed by atoms with Gasteiger partial charge in [-0.15, -0.1) is 5.10 Å². The number of nitrogens with zero attached hydrogens (tertiary/aromatic N) is 5. The molecule has 33 heavy (non-hydrogen) atoms. The molecule has 1 fully saturated rings. The summed E-state index contributed by atoms with van der Waals surface area (Å²) in [5, 5.41) is 4.69. The Morgan fingerprint density at radius 2 is 1.88 bits per heavy atom. The molecule has 0 bridgehead atoms. The fraction of sp³-hybridized carbons (Fsp3) is 0.269. The first kappa shape index (κ1) is 21.2. The first-order valence-electron chi connectivity index (χ1n) is 11.2. The number of hydrogen-bond acceptors (Lipinski definition) is 6. The SMILES string of the molecule is Cc1cccc(C=NCc2cc(N3CCOCC3)n3nc(OCc4ccccc4)cc3n2)c1. The predicted octanol–water partition coefficient (Wildman–Crippen LogP) is 4.07. The third-order valence-electron chi connectivity index (χ3n) is 5.54. The number of ether oxygens (including phenoxy) is 2. The Labute approximate surface area is 193 Å². The summed E-state index contributed by atoms with van der Waals surface area (Å²) in [5.41, 5.74) is 5.05. The summed E-state index contributed by atoms with van der Waals surface area (Å²) in [6, 6.07) is 22.3. The van der Waals surface area contributed by atoms with E-state index in [2.05, 4.69) is 41.1 Å². The number of anilines is 1. The van der Waals surface area contributed by atoms with Crippen molar-refractivity contribution in [3.8, 4) is 5.88 Å². The van der Waals surface area contributed by atoms with Crippen LogP contribution in [0.15, 0.2) is 71.7 Å². The quantitative estimate of drug-likeness (QED) is 0.405. The van der Waals surface area contributed by atoms with Crippen LogP contribution >= 0.6 is 0 Å². The molecule has 0 saturated carbocycles. The molecule has 0 unspecified atom stereocenters. The molecule has 168 valence electrons. The van der Waals surface area contributed by atoms with Crippen LogP contribution in [0.1, 0.15) is 22.4 Å². The topological polar surface area (TPSA) is 64.2 Å². The zero-order chi connectivity index (χ0) is 22.5. The molecule has 4 aromatic rings. The molecule has 0 N–H and O–H groups in total. The molecule has 0 spiro atoms. The molecule has 5 rings (SSSR count). The van der Waals surface area contributed by atoms with Crippen molar-refractivity contribution in [1.29, 1.82) is 0 Å². The van der Waals surface area contributed by atoms with Crippen molar-refractivity contribution in [2.75, 3.05) is 31.2 Å². The zero-order valence-corrected chi connectivity index (χ0v) is 18.7. The molecule has 1 aliphatic heterocycles. The van der Waals surface area contributed by atoms with E-state index < -0.39 is 0 Å². The molecule has 0 radical (unpaired) electrons. The van der Waals surface area contributed by atoms with Gasteiger partial charge in [0.1, 0.15) is 12.4 Å². The maximum absolute atomic E-state index is 5.96. The third-order valence-corrected chi connectivity index (χ3v) is 5.54. The second kappa shape index (κ2) is 9.83. The van der Waals surface area contributed by atoms with Crippen LogP contribution in [0.25, 0.3) is 5.65 Å². The maximum Gasteiger partial charge on any atom is 0.235 e. The predicted molar refractivity (Wildman–Crippen MR) is 129 cm³/mol. The highest BCUT2D eigenvalue weighted by molar-refractivity contribution is 5.79. The summed E-state index contributed by atoms with van der Waals surface area (Å²) in [7, 11) is 0. The molecule has 0 amide bonds. The van der Waals surface area contributed by atoms with E-state index in [1.807, 2.05) is 53.2 Å². The second-order valence-corrected chi connectivity index (χ2v) is 8.12. The van der Waals surface area contributed by atoms with Crippen molar-refractivity contribution < 1.29 is 9.47 Å². The smallest absolute Gasteiger partial charge is 0.235 e. The number of aryl methyl sites for hydroxylation is 1. The van der Waals surface area contributed by atoms with Crippen LogP contribution in [-0.2, 0) is 17.9 Å². The van der Waals surface area contributed by atoms with Crippen molar-refractivity contribution in [3.63, 3.8) is 0 Å². The summed E-state index contributed by atoms with van der Waals surface area (Å²) in [6.45, 7) is 6.06. The van der Waals surface area contributed by atoms with E-state index in [0.29, 0.717) is 32.2 Å². The first-order valence-corrected chi connectivity index (χ1v) is 11.2. The molecule has 0 atom stereocenters. The summed E-state index contributed by atoms with van der Waals surface area (Å²) >= 11 is 0. The normalized spacial score (nSPS) is 14.3. The third kappa shape index (κ3) is 5.21. The van der Waals surface area contributed by atoms with E-state index in [0.717, 1.165) is 41.4 Å². The number of rotatable bonds is 7. The van der Waals surface area contributed by atoms with Gasteiger partial charge in [0, 0.05) is 31.4 Å². The van der Waals surface area contributed by atoms with E-state index >= 15 is 0 Å². The molecule has 7 heteroatoms. The Hall–Kier alpha value is -3.71. The van der Waals surface area contributed by atoms with Gasteiger partial charge in [-0.05, 0) is 18.1 Å². The molecule has 0 aliphatic carbocycles. The van der Waals surface area contributed by atoms with Gasteiger partial charge >= 0.3 is 0 Å². The van der Waals surface area contributed by atoms with Crippen molar-refractivity contribution in [2.45, 2.75) is 20.1 Å². The minimum absolute atomic E-state index is 0.464. The lowest BCUT2D eigenvalue weighted by Crippen LogP contribution is -2.37. The highest BCUT2D eigenvalue weighted by Gasteiger charge is 2.18. The highest BCUT2D eigenvalue weighted by Crippen LogP contribution is 2.23. The Kier molecular flexibility index (Phi) is 6.30. The zero-order valence-electron chi connectivity index (χ0n) is 18.7. The average molecular weight is 442 g/mol. The van der Waals surface area contributed by atoms with Crippen molar-refractivity contribution >= 4 is 17.7 Å². The van der Waals surface area contributed by atoms with Gasteiger partial charge in [0.25, 0.3) is 0 Å². The van der Waals surface area contributed by atoms with Crippen molar-refractivity contribution in [1.82, 2.24) is 14.6 Å². The van der Waals surface area contributed by atoms with Crippen LogP contribution in [0.5, 0.6) is 5.88 Å².